The van der Waals surface area contributed by atoms with Gasteiger partial charge in [0.05, 0.1) is 25.1 Å². The first-order chi connectivity index (χ1) is 9.91. The molecule has 0 bridgehead atoms. The second-order valence-electron chi connectivity index (χ2n) is 5.21. The van der Waals surface area contributed by atoms with Crippen molar-refractivity contribution in [2.45, 2.75) is 44.4 Å². The summed E-state index contributed by atoms with van der Waals surface area (Å²) in [5, 5.41) is 2.90. The van der Waals surface area contributed by atoms with E-state index < -0.39 is 24.1 Å². The van der Waals surface area contributed by atoms with E-state index in [1.165, 1.54) is 19.4 Å². The second-order valence-corrected chi connectivity index (χ2v) is 5.21. The number of halogens is 3. The van der Waals surface area contributed by atoms with Gasteiger partial charge < -0.3 is 14.5 Å². The van der Waals surface area contributed by atoms with Crippen LogP contribution in [0.2, 0.25) is 0 Å². The summed E-state index contributed by atoms with van der Waals surface area (Å²) in [6, 6.07) is 0.870. The molecule has 0 amide bonds. The minimum absolute atomic E-state index is 0.159. The third-order valence-electron chi connectivity index (χ3n) is 3.80. The first kappa shape index (κ1) is 15.9. The summed E-state index contributed by atoms with van der Waals surface area (Å²) in [6.45, 7) is 0.161. The predicted molar refractivity (Wildman–Crippen MR) is 68.7 cm³/mol. The Bertz CT molecular complexity index is 484. The van der Waals surface area contributed by atoms with E-state index in [4.69, 9.17) is 4.42 Å². The summed E-state index contributed by atoms with van der Waals surface area (Å²) in [5.74, 6) is -1.43. The Morgan fingerprint density at radius 1 is 1.43 bits per heavy atom. The Kier molecular flexibility index (Phi) is 4.92. The average molecular weight is 305 g/mol. The zero-order valence-electron chi connectivity index (χ0n) is 11.7. The molecule has 0 aromatic carbocycles. The van der Waals surface area contributed by atoms with Crippen LogP contribution in [0.1, 0.15) is 41.8 Å². The molecule has 1 N–H and O–H groups in total. The van der Waals surface area contributed by atoms with Crippen molar-refractivity contribution in [3.8, 4) is 0 Å². The van der Waals surface area contributed by atoms with E-state index in [2.05, 4.69) is 10.1 Å². The maximum absolute atomic E-state index is 12.9. The third-order valence-corrected chi connectivity index (χ3v) is 3.80. The SMILES string of the molecule is COC(=O)c1coc(CNC2CCCCC2C(F)(F)F)c1. The molecule has 7 heteroatoms. The van der Waals surface area contributed by atoms with E-state index in [1.807, 2.05) is 0 Å². The van der Waals surface area contributed by atoms with Crippen LogP contribution in [0.3, 0.4) is 0 Å². The minimum atomic E-state index is -4.18. The number of hydrogen-bond acceptors (Lipinski definition) is 4. The highest BCUT2D eigenvalue weighted by atomic mass is 19.4. The quantitative estimate of drug-likeness (QED) is 0.867. The number of hydrogen-bond donors (Lipinski definition) is 1. The van der Waals surface area contributed by atoms with Crippen LogP contribution in [0.4, 0.5) is 13.2 Å². The molecule has 1 aromatic rings. The van der Waals surface area contributed by atoms with Gasteiger partial charge in [-0.3, -0.25) is 0 Å². The molecule has 0 aliphatic heterocycles. The summed E-state index contributed by atoms with van der Waals surface area (Å²) in [5.41, 5.74) is 0.255. The lowest BCUT2D eigenvalue weighted by Gasteiger charge is -2.33. The number of nitrogens with one attached hydrogen (secondary N) is 1. The number of esters is 1. The highest BCUT2D eigenvalue weighted by Crippen LogP contribution is 2.37. The first-order valence-electron chi connectivity index (χ1n) is 6.87. The monoisotopic (exact) mass is 305 g/mol. The van der Waals surface area contributed by atoms with Crippen LogP contribution >= 0.6 is 0 Å². The second kappa shape index (κ2) is 6.51. The predicted octanol–water partition coefficient (Wildman–Crippen LogP) is 3.28. The summed E-state index contributed by atoms with van der Waals surface area (Å²) in [7, 11) is 1.25. The fraction of sp³-hybridized carbons (Fsp3) is 0.643. The van der Waals surface area contributed by atoms with Gasteiger partial charge in [-0.05, 0) is 18.9 Å². The number of methoxy groups -OCH3 is 1. The molecule has 2 rings (SSSR count). The number of rotatable bonds is 4. The maximum atomic E-state index is 12.9. The third kappa shape index (κ3) is 4.00. The van der Waals surface area contributed by atoms with Gasteiger partial charge in [-0.15, -0.1) is 0 Å². The molecule has 118 valence electrons. The molecule has 1 fully saturated rings. The molecule has 1 aliphatic rings. The Morgan fingerprint density at radius 3 is 2.81 bits per heavy atom. The number of carbonyl (C=O) groups excluding carboxylic acids is 1. The molecule has 1 aliphatic carbocycles. The summed E-state index contributed by atoms with van der Waals surface area (Å²) in [4.78, 5) is 11.3. The van der Waals surface area contributed by atoms with Crippen molar-refractivity contribution in [2.24, 2.45) is 5.92 Å². The molecule has 1 saturated carbocycles. The molecule has 4 nitrogen and oxygen atoms in total. The molecule has 0 spiro atoms. The van der Waals surface area contributed by atoms with Crippen LogP contribution in [-0.4, -0.2) is 25.3 Å². The fourth-order valence-electron chi connectivity index (χ4n) is 2.70. The number of alkyl halides is 3. The number of ether oxygens (including phenoxy) is 1. The Labute approximate surface area is 120 Å². The number of furan rings is 1. The Morgan fingerprint density at radius 2 is 2.14 bits per heavy atom. The van der Waals surface area contributed by atoms with Gasteiger partial charge in [0.15, 0.2) is 0 Å². The fourth-order valence-corrected chi connectivity index (χ4v) is 2.70. The van der Waals surface area contributed by atoms with E-state index in [1.54, 1.807) is 0 Å². The van der Waals surface area contributed by atoms with Crippen molar-refractivity contribution >= 4 is 5.97 Å². The smallest absolute Gasteiger partial charge is 0.393 e. The number of carbonyl (C=O) groups is 1. The average Bonchev–Trinajstić information content (AvgIpc) is 2.92. The van der Waals surface area contributed by atoms with Crippen molar-refractivity contribution in [1.29, 1.82) is 0 Å². The minimum Gasteiger partial charge on any atom is -0.467 e. The van der Waals surface area contributed by atoms with Gasteiger partial charge in [0.1, 0.15) is 12.0 Å². The van der Waals surface area contributed by atoms with Gasteiger partial charge in [-0.25, -0.2) is 4.79 Å². The molecule has 2 unspecified atom stereocenters. The maximum Gasteiger partial charge on any atom is 0.393 e. The molecule has 0 saturated heterocycles. The molecule has 1 aromatic heterocycles. The molecular weight excluding hydrogens is 287 g/mol. The van der Waals surface area contributed by atoms with E-state index in [0.29, 0.717) is 18.6 Å². The van der Waals surface area contributed by atoms with E-state index in [-0.39, 0.29) is 18.5 Å². The van der Waals surface area contributed by atoms with Crippen molar-refractivity contribution in [3.05, 3.63) is 23.7 Å². The summed E-state index contributed by atoms with van der Waals surface area (Å²) in [6.07, 6.45) is -0.893. The largest absolute Gasteiger partial charge is 0.467 e. The van der Waals surface area contributed by atoms with Gasteiger partial charge in [0.25, 0.3) is 0 Å². The van der Waals surface area contributed by atoms with Crippen molar-refractivity contribution in [2.75, 3.05) is 7.11 Å². The van der Waals surface area contributed by atoms with Crippen LogP contribution in [-0.2, 0) is 11.3 Å². The zero-order chi connectivity index (χ0) is 15.5. The summed E-state index contributed by atoms with van der Waals surface area (Å²) >= 11 is 0. The normalized spacial score (nSPS) is 23.0. The van der Waals surface area contributed by atoms with E-state index in [9.17, 15) is 18.0 Å². The topological polar surface area (TPSA) is 51.5 Å². The first-order valence-corrected chi connectivity index (χ1v) is 6.87. The van der Waals surface area contributed by atoms with Gasteiger partial charge >= 0.3 is 12.1 Å². The lowest BCUT2D eigenvalue weighted by molar-refractivity contribution is -0.189. The summed E-state index contributed by atoms with van der Waals surface area (Å²) < 4.78 is 48.5. The molecule has 0 radical (unpaired) electrons. The van der Waals surface area contributed by atoms with Gasteiger partial charge in [-0.1, -0.05) is 12.8 Å². The van der Waals surface area contributed by atoms with Crippen LogP contribution < -0.4 is 5.32 Å². The van der Waals surface area contributed by atoms with Gasteiger partial charge in [-0.2, -0.15) is 13.2 Å². The molecular formula is C14H18F3NO3. The lowest BCUT2D eigenvalue weighted by atomic mass is 9.84. The molecule has 1 heterocycles. The van der Waals surface area contributed by atoms with Crippen molar-refractivity contribution in [1.82, 2.24) is 5.32 Å². The Balaban J connectivity index is 1.94. The van der Waals surface area contributed by atoms with Crippen LogP contribution in [0.25, 0.3) is 0 Å². The standard InChI is InChI=1S/C14H18F3NO3/c1-20-13(19)9-6-10(21-8-9)7-18-12-5-3-2-4-11(12)14(15,16)17/h6,8,11-12,18H,2-5,7H2,1H3. The van der Waals surface area contributed by atoms with Gasteiger partial charge in [0.2, 0.25) is 0 Å². The van der Waals surface area contributed by atoms with Gasteiger partial charge in [0, 0.05) is 6.04 Å². The highest BCUT2D eigenvalue weighted by molar-refractivity contribution is 5.88. The van der Waals surface area contributed by atoms with Crippen LogP contribution in [0, 0.1) is 5.92 Å². The lowest BCUT2D eigenvalue weighted by Crippen LogP contribution is -2.45. The molecule has 2 atom stereocenters. The Hall–Kier alpha value is -1.50. The van der Waals surface area contributed by atoms with E-state index >= 15 is 0 Å². The molecule has 21 heavy (non-hydrogen) atoms. The van der Waals surface area contributed by atoms with Crippen molar-refractivity contribution in [3.63, 3.8) is 0 Å². The highest BCUT2D eigenvalue weighted by Gasteiger charge is 2.45. The zero-order valence-corrected chi connectivity index (χ0v) is 11.7. The van der Waals surface area contributed by atoms with Crippen LogP contribution in [0.15, 0.2) is 16.7 Å². The van der Waals surface area contributed by atoms with Crippen molar-refractivity contribution < 1.29 is 27.1 Å². The van der Waals surface area contributed by atoms with Crippen LogP contribution in [0.5, 0.6) is 0 Å². The van der Waals surface area contributed by atoms with E-state index in [0.717, 1.165) is 6.42 Å².